The number of ether oxygens (including phenoxy) is 1. The van der Waals surface area contributed by atoms with E-state index in [-0.39, 0.29) is 0 Å². The van der Waals surface area contributed by atoms with Crippen LogP contribution in [0.15, 0.2) is 48.8 Å². The Labute approximate surface area is 240 Å². The van der Waals surface area contributed by atoms with Gasteiger partial charge in [0.15, 0.2) is 17.0 Å². The van der Waals surface area contributed by atoms with E-state index in [9.17, 15) is 0 Å². The lowest BCUT2D eigenvalue weighted by molar-refractivity contribution is 0.122. The molecule has 0 bridgehead atoms. The SMILES string of the molecule is CC(C)C1CCN(Cc2nc3c(N4CCOCC4)nc(-n4c(-c5cccnc5)nc5ccccc54)nc3n2C)CC1. The molecule has 0 unspecified atom stereocenters. The molecule has 2 aliphatic rings. The van der Waals surface area contributed by atoms with E-state index in [1.165, 1.54) is 12.8 Å². The Hall–Kier alpha value is -3.89. The van der Waals surface area contributed by atoms with Crippen molar-refractivity contribution < 1.29 is 4.74 Å². The van der Waals surface area contributed by atoms with Crippen LogP contribution in [0.4, 0.5) is 5.82 Å². The molecule has 0 atom stereocenters. The van der Waals surface area contributed by atoms with E-state index in [4.69, 9.17) is 24.7 Å². The minimum Gasteiger partial charge on any atom is -0.378 e. The first-order valence-electron chi connectivity index (χ1n) is 14.7. The molecule has 7 rings (SSSR count). The highest BCUT2D eigenvalue weighted by molar-refractivity contribution is 5.87. The number of para-hydroxylation sites is 2. The molecule has 2 aliphatic heterocycles. The molecular weight excluding hydrogens is 514 g/mol. The molecule has 0 spiro atoms. The molecule has 4 aromatic heterocycles. The van der Waals surface area contributed by atoms with Gasteiger partial charge in [-0.1, -0.05) is 26.0 Å². The van der Waals surface area contributed by atoms with Gasteiger partial charge in [0.05, 0.1) is 30.8 Å². The first-order chi connectivity index (χ1) is 20.1. The number of nitrogens with zero attached hydrogens (tertiary/aromatic N) is 9. The van der Waals surface area contributed by atoms with Gasteiger partial charge in [-0.25, -0.2) is 9.97 Å². The lowest BCUT2D eigenvalue weighted by Gasteiger charge is -2.33. The van der Waals surface area contributed by atoms with Gasteiger partial charge in [0, 0.05) is 38.1 Å². The zero-order valence-electron chi connectivity index (χ0n) is 24.1. The van der Waals surface area contributed by atoms with Crippen molar-refractivity contribution in [3.8, 4) is 17.3 Å². The Bertz CT molecular complexity index is 1660. The van der Waals surface area contributed by atoms with Gasteiger partial charge in [-0.2, -0.15) is 9.97 Å². The molecule has 2 fully saturated rings. The molecular formula is C31H37N9O. The van der Waals surface area contributed by atoms with Gasteiger partial charge < -0.3 is 14.2 Å². The lowest BCUT2D eigenvalue weighted by Crippen LogP contribution is -2.37. The fourth-order valence-electron chi connectivity index (χ4n) is 6.21. The zero-order chi connectivity index (χ0) is 27.9. The summed E-state index contributed by atoms with van der Waals surface area (Å²) in [6, 6.07) is 12.1. The standard InChI is InChI=1S/C31H37N9O/c1-21(2)22-10-13-38(14-11-22)20-26-34-27-29(37(26)3)35-31(36-30(27)39-15-17-41-18-16-39)40-25-9-5-4-8-24(25)33-28(40)23-7-6-12-32-19-23/h4-9,12,19,21-22H,10-11,13-18,20H2,1-3H3. The van der Waals surface area contributed by atoms with Crippen LogP contribution < -0.4 is 4.90 Å². The molecule has 212 valence electrons. The highest BCUT2D eigenvalue weighted by Crippen LogP contribution is 2.32. The topological polar surface area (TPSA) is 90.0 Å². The van der Waals surface area contributed by atoms with Crippen molar-refractivity contribution >= 4 is 28.0 Å². The maximum absolute atomic E-state index is 5.69. The molecule has 0 saturated carbocycles. The van der Waals surface area contributed by atoms with E-state index < -0.39 is 0 Å². The third-order valence-electron chi connectivity index (χ3n) is 8.71. The van der Waals surface area contributed by atoms with Crippen LogP contribution in [0.2, 0.25) is 0 Å². The van der Waals surface area contributed by atoms with Crippen molar-refractivity contribution in [2.75, 3.05) is 44.3 Å². The van der Waals surface area contributed by atoms with Crippen LogP contribution in [0.5, 0.6) is 0 Å². The molecule has 5 aromatic rings. The number of hydrogen-bond acceptors (Lipinski definition) is 8. The second-order valence-electron chi connectivity index (χ2n) is 11.6. The zero-order valence-corrected chi connectivity index (χ0v) is 24.1. The summed E-state index contributed by atoms with van der Waals surface area (Å²) in [7, 11) is 2.08. The van der Waals surface area contributed by atoms with Gasteiger partial charge in [-0.3, -0.25) is 14.5 Å². The second-order valence-corrected chi connectivity index (χ2v) is 11.6. The predicted molar refractivity (Wildman–Crippen MR) is 160 cm³/mol. The lowest BCUT2D eigenvalue weighted by atomic mass is 9.87. The average molecular weight is 552 g/mol. The second kappa shape index (κ2) is 10.8. The van der Waals surface area contributed by atoms with Crippen LogP contribution in [-0.4, -0.2) is 78.3 Å². The molecule has 1 aromatic carbocycles. The summed E-state index contributed by atoms with van der Waals surface area (Å²) in [5.74, 6) is 4.77. The summed E-state index contributed by atoms with van der Waals surface area (Å²) in [5.41, 5.74) is 4.43. The van der Waals surface area contributed by atoms with Crippen LogP contribution in [0.3, 0.4) is 0 Å². The van der Waals surface area contributed by atoms with E-state index in [1.54, 1.807) is 6.20 Å². The Kier molecular flexibility index (Phi) is 6.88. The Morgan fingerprint density at radius 2 is 1.73 bits per heavy atom. The number of benzene rings is 1. The minimum absolute atomic E-state index is 0.582. The first kappa shape index (κ1) is 26.0. The highest BCUT2D eigenvalue weighted by Gasteiger charge is 2.27. The van der Waals surface area contributed by atoms with Gasteiger partial charge in [-0.15, -0.1) is 0 Å². The van der Waals surface area contributed by atoms with Gasteiger partial charge in [0.2, 0.25) is 5.95 Å². The molecule has 2 saturated heterocycles. The number of imidazole rings is 2. The number of pyridine rings is 1. The van der Waals surface area contributed by atoms with Gasteiger partial charge in [-0.05, 0) is 62.0 Å². The Balaban J connectivity index is 1.36. The van der Waals surface area contributed by atoms with Crippen molar-refractivity contribution in [3.63, 3.8) is 0 Å². The van der Waals surface area contributed by atoms with Crippen LogP contribution in [-0.2, 0) is 18.3 Å². The van der Waals surface area contributed by atoms with Crippen LogP contribution in [0.25, 0.3) is 39.5 Å². The van der Waals surface area contributed by atoms with Crippen LogP contribution in [0.1, 0.15) is 32.5 Å². The van der Waals surface area contributed by atoms with Gasteiger partial charge in [0.25, 0.3) is 0 Å². The molecule has 6 heterocycles. The van der Waals surface area contributed by atoms with Crippen molar-refractivity contribution in [2.45, 2.75) is 33.2 Å². The third-order valence-corrected chi connectivity index (χ3v) is 8.71. The van der Waals surface area contributed by atoms with E-state index in [0.717, 1.165) is 89.8 Å². The third kappa shape index (κ3) is 4.85. The summed E-state index contributed by atoms with van der Waals surface area (Å²) in [5, 5.41) is 0. The molecule has 0 radical (unpaired) electrons. The normalized spacial score (nSPS) is 17.3. The fraction of sp³-hybridized carbons (Fsp3) is 0.452. The van der Waals surface area contributed by atoms with Crippen molar-refractivity contribution in [2.24, 2.45) is 18.9 Å². The number of fused-ring (bicyclic) bond motifs is 2. The number of rotatable bonds is 6. The summed E-state index contributed by atoms with van der Waals surface area (Å²) in [4.78, 5) is 29.7. The van der Waals surface area contributed by atoms with E-state index in [0.29, 0.717) is 19.2 Å². The number of piperidine rings is 1. The number of aromatic nitrogens is 7. The van der Waals surface area contributed by atoms with Crippen LogP contribution in [0, 0.1) is 11.8 Å². The summed E-state index contributed by atoms with van der Waals surface area (Å²) in [6.45, 7) is 10.6. The Morgan fingerprint density at radius 1 is 0.927 bits per heavy atom. The smallest absolute Gasteiger partial charge is 0.240 e. The van der Waals surface area contributed by atoms with Crippen LogP contribution >= 0.6 is 0 Å². The maximum atomic E-state index is 5.69. The van der Waals surface area contributed by atoms with Gasteiger partial charge in [0.1, 0.15) is 11.6 Å². The van der Waals surface area contributed by atoms with Crippen molar-refractivity contribution in [3.05, 3.63) is 54.6 Å². The summed E-state index contributed by atoms with van der Waals surface area (Å²) >= 11 is 0. The number of likely N-dealkylation sites (tertiary alicyclic amines) is 1. The van der Waals surface area contributed by atoms with E-state index in [2.05, 4.69) is 50.9 Å². The predicted octanol–water partition coefficient (Wildman–Crippen LogP) is 4.47. The molecule has 10 heteroatoms. The highest BCUT2D eigenvalue weighted by atomic mass is 16.5. The number of hydrogen-bond donors (Lipinski definition) is 0. The monoisotopic (exact) mass is 551 g/mol. The largest absolute Gasteiger partial charge is 0.378 e. The fourth-order valence-corrected chi connectivity index (χ4v) is 6.21. The summed E-state index contributed by atoms with van der Waals surface area (Å²) in [6.07, 6.45) is 6.10. The molecule has 0 aliphatic carbocycles. The number of aryl methyl sites for hydroxylation is 1. The van der Waals surface area contributed by atoms with E-state index in [1.807, 2.05) is 36.5 Å². The minimum atomic E-state index is 0.582. The average Bonchev–Trinajstić information content (AvgIpc) is 3.55. The van der Waals surface area contributed by atoms with E-state index >= 15 is 0 Å². The van der Waals surface area contributed by atoms with Gasteiger partial charge >= 0.3 is 0 Å². The molecule has 41 heavy (non-hydrogen) atoms. The molecule has 0 N–H and O–H groups in total. The Morgan fingerprint density at radius 3 is 2.49 bits per heavy atom. The molecule has 0 amide bonds. The maximum Gasteiger partial charge on any atom is 0.240 e. The molecule has 10 nitrogen and oxygen atoms in total. The summed E-state index contributed by atoms with van der Waals surface area (Å²) < 4.78 is 9.89. The quantitative estimate of drug-likeness (QED) is 0.305. The number of morpholine rings is 1. The number of anilines is 1. The first-order valence-corrected chi connectivity index (χ1v) is 14.7. The van der Waals surface area contributed by atoms with Crippen molar-refractivity contribution in [1.82, 2.24) is 39.0 Å². The van der Waals surface area contributed by atoms with Crippen molar-refractivity contribution in [1.29, 1.82) is 0 Å².